The molecule has 0 aliphatic rings. The van der Waals surface area contributed by atoms with Gasteiger partial charge in [-0.3, -0.25) is 0 Å². The highest BCUT2D eigenvalue weighted by Crippen LogP contribution is 2.19. The van der Waals surface area contributed by atoms with Crippen molar-refractivity contribution in [3.05, 3.63) is 71.3 Å². The van der Waals surface area contributed by atoms with Crippen LogP contribution in [0.5, 0.6) is 0 Å². The monoisotopic (exact) mass is 232 g/mol. The molecule has 0 aliphatic carbocycles. The highest BCUT2D eigenvalue weighted by molar-refractivity contribution is 5.81. The molecule has 0 fully saturated rings. The molecular weight excluding hydrogens is 216 g/mol. The minimum atomic E-state index is 1.08. The van der Waals surface area contributed by atoms with Crippen molar-refractivity contribution in [1.29, 1.82) is 0 Å². The van der Waals surface area contributed by atoms with E-state index in [1.807, 2.05) is 25.1 Å². The van der Waals surface area contributed by atoms with Crippen molar-refractivity contribution in [2.24, 2.45) is 0 Å². The molecule has 0 heterocycles. The molecule has 0 saturated heterocycles. The Balaban J connectivity index is 2.41. The molecule has 0 spiro atoms. The summed E-state index contributed by atoms with van der Waals surface area (Å²) in [6.07, 6.45) is 2.19. The number of benzene rings is 2. The summed E-state index contributed by atoms with van der Waals surface area (Å²) in [5.74, 6) is 6.10. The zero-order valence-corrected chi connectivity index (χ0v) is 10.8. The van der Waals surface area contributed by atoms with Crippen LogP contribution in [0.4, 0.5) is 0 Å². The van der Waals surface area contributed by atoms with Crippen molar-refractivity contribution in [2.45, 2.75) is 13.8 Å². The Bertz CT molecular complexity index is 607. The molecule has 0 amide bonds. The van der Waals surface area contributed by atoms with Crippen molar-refractivity contribution in [3.8, 4) is 11.8 Å². The first-order chi connectivity index (χ1) is 8.81. The van der Waals surface area contributed by atoms with E-state index in [-0.39, 0.29) is 0 Å². The molecule has 0 saturated carbocycles. The Hall–Kier alpha value is -2.26. The molecule has 0 bridgehead atoms. The normalized spacial score (nSPS) is 10.7. The highest BCUT2D eigenvalue weighted by Gasteiger charge is 1.98. The van der Waals surface area contributed by atoms with Crippen LogP contribution in [0.3, 0.4) is 0 Å². The lowest BCUT2D eigenvalue weighted by Crippen LogP contribution is -1.83. The highest BCUT2D eigenvalue weighted by atomic mass is 14.0. The van der Waals surface area contributed by atoms with Crippen molar-refractivity contribution in [2.75, 3.05) is 0 Å². The smallest absolute Gasteiger partial charge is 0.0317 e. The molecule has 0 radical (unpaired) electrons. The first kappa shape index (κ1) is 12.2. The van der Waals surface area contributed by atoms with E-state index in [1.165, 1.54) is 16.7 Å². The second-order valence-electron chi connectivity index (χ2n) is 4.16. The minimum Gasteiger partial charge on any atom is -0.101 e. The molecule has 0 aliphatic heterocycles. The van der Waals surface area contributed by atoms with E-state index >= 15 is 0 Å². The summed E-state index contributed by atoms with van der Waals surface area (Å²) in [5, 5.41) is 0. The van der Waals surface area contributed by atoms with E-state index in [4.69, 9.17) is 0 Å². The second-order valence-corrected chi connectivity index (χ2v) is 4.16. The Labute approximate surface area is 109 Å². The van der Waals surface area contributed by atoms with Gasteiger partial charge >= 0.3 is 0 Å². The van der Waals surface area contributed by atoms with Gasteiger partial charge in [0.05, 0.1) is 0 Å². The van der Waals surface area contributed by atoms with Crippen molar-refractivity contribution < 1.29 is 0 Å². The first-order valence-corrected chi connectivity index (χ1v) is 6.07. The standard InChI is InChI=1S/C18H16/c1-3-9-17-12-7-8-13-18(17)14-15(2)16-10-5-4-6-11-16/h4-8,10-14H,1-2H3/b15-14+. The Morgan fingerprint density at radius 3 is 2.33 bits per heavy atom. The van der Waals surface area contributed by atoms with Gasteiger partial charge in [0.2, 0.25) is 0 Å². The quantitative estimate of drug-likeness (QED) is 0.523. The number of allylic oxidation sites excluding steroid dienone is 1. The fourth-order valence-electron chi connectivity index (χ4n) is 1.89. The predicted octanol–water partition coefficient (Wildman–Crippen LogP) is 4.62. The van der Waals surface area contributed by atoms with Gasteiger partial charge in [0.15, 0.2) is 0 Å². The molecule has 0 aromatic heterocycles. The molecule has 18 heavy (non-hydrogen) atoms. The fraction of sp³-hybridized carbons (Fsp3) is 0.111. The molecule has 0 heteroatoms. The summed E-state index contributed by atoms with van der Waals surface area (Å²) < 4.78 is 0. The van der Waals surface area contributed by atoms with Crippen LogP contribution in [0, 0.1) is 11.8 Å². The van der Waals surface area contributed by atoms with Crippen LogP contribution in [0.2, 0.25) is 0 Å². The summed E-state index contributed by atoms with van der Waals surface area (Å²) in [6.45, 7) is 4.00. The van der Waals surface area contributed by atoms with Gasteiger partial charge in [-0.1, -0.05) is 60.5 Å². The summed E-state index contributed by atoms with van der Waals surface area (Å²) in [6, 6.07) is 18.6. The third-order valence-electron chi connectivity index (χ3n) is 2.82. The third-order valence-corrected chi connectivity index (χ3v) is 2.82. The van der Waals surface area contributed by atoms with Crippen molar-refractivity contribution >= 4 is 11.6 Å². The topological polar surface area (TPSA) is 0 Å². The van der Waals surface area contributed by atoms with Gasteiger partial charge in [0.25, 0.3) is 0 Å². The van der Waals surface area contributed by atoms with Gasteiger partial charge in [0, 0.05) is 5.56 Å². The van der Waals surface area contributed by atoms with Crippen LogP contribution in [-0.4, -0.2) is 0 Å². The molecule has 2 rings (SSSR count). The number of hydrogen-bond acceptors (Lipinski definition) is 0. The summed E-state index contributed by atoms with van der Waals surface area (Å²) in [5.41, 5.74) is 4.75. The van der Waals surface area contributed by atoms with Gasteiger partial charge in [-0.15, -0.1) is 5.92 Å². The zero-order chi connectivity index (χ0) is 12.8. The maximum Gasteiger partial charge on any atom is 0.0317 e. The van der Waals surface area contributed by atoms with E-state index in [9.17, 15) is 0 Å². The zero-order valence-electron chi connectivity index (χ0n) is 10.8. The largest absolute Gasteiger partial charge is 0.101 e. The molecule has 0 nitrogen and oxygen atoms in total. The first-order valence-electron chi connectivity index (χ1n) is 6.07. The average molecular weight is 232 g/mol. The van der Waals surface area contributed by atoms with E-state index in [0.29, 0.717) is 0 Å². The van der Waals surface area contributed by atoms with Crippen LogP contribution >= 0.6 is 0 Å². The van der Waals surface area contributed by atoms with Crippen LogP contribution in [0.1, 0.15) is 30.5 Å². The van der Waals surface area contributed by atoms with E-state index in [1.54, 1.807) is 0 Å². The Morgan fingerprint density at radius 1 is 0.944 bits per heavy atom. The Kier molecular flexibility index (Phi) is 3.99. The summed E-state index contributed by atoms with van der Waals surface area (Å²) in [4.78, 5) is 0. The van der Waals surface area contributed by atoms with E-state index in [0.717, 1.165) is 5.56 Å². The Morgan fingerprint density at radius 2 is 1.61 bits per heavy atom. The number of rotatable bonds is 2. The maximum absolute atomic E-state index is 3.14. The van der Waals surface area contributed by atoms with Gasteiger partial charge < -0.3 is 0 Å². The lowest BCUT2D eigenvalue weighted by Gasteiger charge is -2.03. The van der Waals surface area contributed by atoms with Crippen LogP contribution < -0.4 is 0 Å². The van der Waals surface area contributed by atoms with Gasteiger partial charge in [0.1, 0.15) is 0 Å². The maximum atomic E-state index is 3.14. The SMILES string of the molecule is CC#Cc1ccccc1/C=C(\C)c1ccccc1. The molecule has 0 N–H and O–H groups in total. The fourth-order valence-corrected chi connectivity index (χ4v) is 1.89. The minimum absolute atomic E-state index is 1.08. The third kappa shape index (κ3) is 2.90. The van der Waals surface area contributed by atoms with E-state index in [2.05, 4.69) is 61.2 Å². The van der Waals surface area contributed by atoms with E-state index < -0.39 is 0 Å². The predicted molar refractivity (Wildman–Crippen MR) is 79.0 cm³/mol. The number of hydrogen-bond donors (Lipinski definition) is 0. The lowest BCUT2D eigenvalue weighted by molar-refractivity contribution is 1.55. The van der Waals surface area contributed by atoms with Gasteiger partial charge in [-0.25, -0.2) is 0 Å². The summed E-state index contributed by atoms with van der Waals surface area (Å²) in [7, 11) is 0. The molecular formula is C18H16. The van der Waals surface area contributed by atoms with Gasteiger partial charge in [-0.05, 0) is 36.6 Å². The van der Waals surface area contributed by atoms with Crippen molar-refractivity contribution in [3.63, 3.8) is 0 Å². The molecule has 2 aromatic carbocycles. The summed E-state index contributed by atoms with van der Waals surface area (Å²) >= 11 is 0. The molecule has 0 unspecified atom stereocenters. The van der Waals surface area contributed by atoms with Crippen LogP contribution in [-0.2, 0) is 0 Å². The second kappa shape index (κ2) is 5.89. The molecule has 2 aromatic rings. The van der Waals surface area contributed by atoms with Crippen LogP contribution in [0.15, 0.2) is 54.6 Å². The average Bonchev–Trinajstić information content (AvgIpc) is 2.42. The lowest BCUT2D eigenvalue weighted by atomic mass is 10.0. The van der Waals surface area contributed by atoms with Gasteiger partial charge in [-0.2, -0.15) is 0 Å². The van der Waals surface area contributed by atoms with Crippen LogP contribution in [0.25, 0.3) is 11.6 Å². The molecule has 88 valence electrons. The molecule has 0 atom stereocenters. The van der Waals surface area contributed by atoms with Crippen molar-refractivity contribution in [1.82, 2.24) is 0 Å².